The molecule has 2 aromatic rings. The number of hydrogen-bond acceptors (Lipinski definition) is 4. The van der Waals surface area contributed by atoms with E-state index in [2.05, 4.69) is 10.2 Å². The predicted molar refractivity (Wildman–Crippen MR) is 61.2 cm³/mol. The first-order valence-electron chi connectivity index (χ1n) is 3.96. The van der Waals surface area contributed by atoms with Crippen molar-refractivity contribution in [1.29, 1.82) is 0 Å². The van der Waals surface area contributed by atoms with Crippen LogP contribution in [0.3, 0.4) is 0 Å². The van der Waals surface area contributed by atoms with Gasteiger partial charge in [0.1, 0.15) is 5.52 Å². The molecule has 0 amide bonds. The molecule has 0 aliphatic heterocycles. The van der Waals surface area contributed by atoms with Crippen molar-refractivity contribution in [1.82, 2.24) is 10.2 Å². The standard InChI is InChI=1S/C8H2Cl3N3O2/c9-3-1-4-6(11)8(14(15)16)13-12-7(4)5(10)2-3/h1-2H. The molecular formula is C8H2Cl3N3O2. The summed E-state index contributed by atoms with van der Waals surface area (Å²) in [5.41, 5.74) is 0.279. The fourth-order valence-corrected chi connectivity index (χ4v) is 2.00. The quantitative estimate of drug-likeness (QED) is 0.591. The molecule has 2 rings (SSSR count). The van der Waals surface area contributed by atoms with Crippen LogP contribution in [0.15, 0.2) is 12.1 Å². The van der Waals surface area contributed by atoms with E-state index in [1.807, 2.05) is 0 Å². The van der Waals surface area contributed by atoms with Crippen molar-refractivity contribution < 1.29 is 4.92 Å². The second-order valence-electron chi connectivity index (χ2n) is 2.88. The molecule has 82 valence electrons. The minimum absolute atomic E-state index is 0.126. The van der Waals surface area contributed by atoms with E-state index in [0.717, 1.165) is 0 Å². The lowest BCUT2D eigenvalue weighted by Crippen LogP contribution is -1.97. The molecule has 0 fully saturated rings. The smallest absolute Gasteiger partial charge is 0.358 e. The van der Waals surface area contributed by atoms with Gasteiger partial charge in [-0.2, -0.15) is 0 Å². The Morgan fingerprint density at radius 1 is 1.19 bits per heavy atom. The molecule has 0 unspecified atom stereocenters. The van der Waals surface area contributed by atoms with Gasteiger partial charge in [0.05, 0.1) is 10.1 Å². The fraction of sp³-hybridized carbons (Fsp3) is 0. The summed E-state index contributed by atoms with van der Waals surface area (Å²) in [5.74, 6) is -0.521. The van der Waals surface area contributed by atoms with Crippen LogP contribution in [0.5, 0.6) is 0 Å². The molecule has 1 aromatic carbocycles. The maximum atomic E-state index is 10.6. The SMILES string of the molecule is O=[N+]([O-])c1nnc2c(Cl)cc(Cl)cc2c1Cl. The van der Waals surface area contributed by atoms with E-state index in [1.165, 1.54) is 12.1 Å². The highest BCUT2D eigenvalue weighted by Gasteiger charge is 2.20. The van der Waals surface area contributed by atoms with Crippen LogP contribution in [0.4, 0.5) is 5.82 Å². The van der Waals surface area contributed by atoms with E-state index in [0.29, 0.717) is 10.4 Å². The lowest BCUT2D eigenvalue weighted by Gasteiger charge is -2.01. The zero-order valence-corrected chi connectivity index (χ0v) is 9.71. The number of nitrogens with zero attached hydrogens (tertiary/aromatic N) is 3. The molecule has 8 heteroatoms. The number of benzene rings is 1. The van der Waals surface area contributed by atoms with Crippen LogP contribution in [0, 0.1) is 10.1 Å². The maximum absolute atomic E-state index is 10.6. The van der Waals surface area contributed by atoms with Crippen LogP contribution < -0.4 is 0 Å². The van der Waals surface area contributed by atoms with Gasteiger partial charge in [0.25, 0.3) is 0 Å². The third-order valence-corrected chi connectivity index (χ3v) is 2.76. The molecule has 1 heterocycles. The van der Waals surface area contributed by atoms with Crippen molar-refractivity contribution in [3.8, 4) is 0 Å². The molecule has 1 aromatic heterocycles. The van der Waals surface area contributed by atoms with Gasteiger partial charge >= 0.3 is 5.82 Å². The zero-order valence-electron chi connectivity index (χ0n) is 7.45. The average Bonchev–Trinajstić information content (AvgIpc) is 2.19. The molecule has 0 saturated carbocycles. The summed E-state index contributed by atoms with van der Waals surface area (Å²) in [6.07, 6.45) is 0. The fourth-order valence-electron chi connectivity index (χ4n) is 1.21. The summed E-state index contributed by atoms with van der Waals surface area (Å²) in [4.78, 5) is 9.87. The van der Waals surface area contributed by atoms with E-state index in [1.54, 1.807) is 0 Å². The van der Waals surface area contributed by atoms with Crippen LogP contribution >= 0.6 is 34.8 Å². The second-order valence-corrected chi connectivity index (χ2v) is 4.10. The molecule has 0 radical (unpaired) electrons. The third-order valence-electron chi connectivity index (χ3n) is 1.88. The van der Waals surface area contributed by atoms with Gasteiger partial charge in [0, 0.05) is 10.4 Å². The monoisotopic (exact) mass is 277 g/mol. The lowest BCUT2D eigenvalue weighted by atomic mass is 10.2. The maximum Gasteiger partial charge on any atom is 0.410 e. The van der Waals surface area contributed by atoms with Crippen LogP contribution in [-0.4, -0.2) is 15.1 Å². The predicted octanol–water partition coefficient (Wildman–Crippen LogP) is 3.50. The average molecular weight is 278 g/mol. The number of fused-ring (bicyclic) bond motifs is 1. The van der Waals surface area contributed by atoms with Gasteiger partial charge < -0.3 is 10.1 Å². The first kappa shape index (κ1) is 11.3. The number of hydrogen-bond donors (Lipinski definition) is 0. The van der Waals surface area contributed by atoms with E-state index < -0.39 is 10.7 Å². The molecule has 0 saturated heterocycles. The minimum atomic E-state index is -0.719. The number of nitro groups is 1. The van der Waals surface area contributed by atoms with Gasteiger partial charge in [-0.05, 0) is 22.2 Å². The summed E-state index contributed by atoms with van der Waals surface area (Å²) in [6, 6.07) is 2.91. The van der Waals surface area contributed by atoms with Crippen molar-refractivity contribution in [2.24, 2.45) is 0 Å². The molecule has 0 spiro atoms. The Hall–Kier alpha value is -1.17. The summed E-state index contributed by atoms with van der Waals surface area (Å²) in [7, 11) is 0. The topological polar surface area (TPSA) is 68.9 Å². The first-order valence-corrected chi connectivity index (χ1v) is 5.09. The van der Waals surface area contributed by atoms with Crippen molar-refractivity contribution in [2.75, 3.05) is 0 Å². The highest BCUT2D eigenvalue weighted by molar-refractivity contribution is 6.42. The van der Waals surface area contributed by atoms with Crippen molar-refractivity contribution in [3.63, 3.8) is 0 Å². The highest BCUT2D eigenvalue weighted by Crippen LogP contribution is 2.34. The molecular weight excluding hydrogens is 276 g/mol. The molecule has 16 heavy (non-hydrogen) atoms. The normalized spacial score (nSPS) is 10.7. The van der Waals surface area contributed by atoms with Crippen LogP contribution in [-0.2, 0) is 0 Å². The lowest BCUT2D eigenvalue weighted by molar-refractivity contribution is -0.389. The largest absolute Gasteiger partial charge is 0.410 e. The zero-order chi connectivity index (χ0) is 11.9. The van der Waals surface area contributed by atoms with E-state index in [-0.39, 0.29) is 15.6 Å². The van der Waals surface area contributed by atoms with E-state index in [4.69, 9.17) is 34.8 Å². The Balaban J connectivity index is 2.89. The number of halogens is 3. The molecule has 0 atom stereocenters. The summed E-state index contributed by atoms with van der Waals surface area (Å²) in [6.45, 7) is 0. The van der Waals surface area contributed by atoms with Gasteiger partial charge in [0.15, 0.2) is 5.02 Å². The van der Waals surface area contributed by atoms with Crippen LogP contribution in [0.25, 0.3) is 10.9 Å². The first-order chi connectivity index (χ1) is 7.50. The third kappa shape index (κ3) is 1.77. The molecule has 5 nitrogen and oxygen atoms in total. The number of aromatic nitrogens is 2. The van der Waals surface area contributed by atoms with Crippen molar-refractivity contribution in [3.05, 3.63) is 37.3 Å². The van der Waals surface area contributed by atoms with Gasteiger partial charge in [-0.15, -0.1) is 0 Å². The summed E-state index contributed by atoms with van der Waals surface area (Å²) < 4.78 is 0. The second kappa shape index (κ2) is 4.01. The van der Waals surface area contributed by atoms with Crippen LogP contribution in [0.2, 0.25) is 15.1 Å². The minimum Gasteiger partial charge on any atom is -0.358 e. The van der Waals surface area contributed by atoms with Gasteiger partial charge in [0.2, 0.25) is 0 Å². The highest BCUT2D eigenvalue weighted by atomic mass is 35.5. The van der Waals surface area contributed by atoms with Crippen LogP contribution in [0.1, 0.15) is 0 Å². The number of rotatable bonds is 1. The molecule has 0 aliphatic rings. The summed E-state index contributed by atoms with van der Waals surface area (Å²) >= 11 is 17.4. The van der Waals surface area contributed by atoms with Crippen molar-refractivity contribution in [2.45, 2.75) is 0 Å². The van der Waals surface area contributed by atoms with Gasteiger partial charge in [-0.25, -0.2) is 0 Å². The Morgan fingerprint density at radius 3 is 2.50 bits per heavy atom. The Kier molecular flexibility index (Phi) is 2.84. The van der Waals surface area contributed by atoms with Gasteiger partial charge in [-0.1, -0.05) is 34.8 Å². The molecule has 0 N–H and O–H groups in total. The van der Waals surface area contributed by atoms with E-state index >= 15 is 0 Å². The van der Waals surface area contributed by atoms with E-state index in [9.17, 15) is 10.1 Å². The van der Waals surface area contributed by atoms with Gasteiger partial charge in [-0.3, -0.25) is 0 Å². The molecule has 0 bridgehead atoms. The Bertz CT molecular complexity index is 603. The summed E-state index contributed by atoms with van der Waals surface area (Å²) in [5, 5.41) is 18.4. The Morgan fingerprint density at radius 2 is 1.88 bits per heavy atom. The van der Waals surface area contributed by atoms with Crippen molar-refractivity contribution >= 4 is 51.5 Å². The Labute approximate surface area is 104 Å². The molecule has 0 aliphatic carbocycles.